The molecule has 0 aliphatic heterocycles. The van der Waals surface area contributed by atoms with E-state index in [4.69, 9.17) is 5.14 Å². The van der Waals surface area contributed by atoms with Crippen LogP contribution in [-0.4, -0.2) is 32.4 Å². The summed E-state index contributed by atoms with van der Waals surface area (Å²) in [6.07, 6.45) is 3.83. The average Bonchev–Trinajstić information content (AvgIpc) is 3.51. The highest BCUT2D eigenvalue weighted by molar-refractivity contribution is 8.03. The number of thiol groups is 1. The van der Waals surface area contributed by atoms with Gasteiger partial charge in [-0.05, 0) is 47.6 Å². The number of pyridine rings is 1. The summed E-state index contributed by atoms with van der Waals surface area (Å²) < 4.78 is 13.5. The lowest BCUT2D eigenvalue weighted by atomic mass is 10.1. The Morgan fingerprint density at radius 3 is 2.59 bits per heavy atom. The summed E-state index contributed by atoms with van der Waals surface area (Å²) in [4.78, 5) is 23.1. The fourth-order valence-corrected chi connectivity index (χ4v) is 7.05. The molecule has 1 aliphatic rings. The van der Waals surface area contributed by atoms with Gasteiger partial charge in [0.25, 0.3) is 0 Å². The van der Waals surface area contributed by atoms with Crippen LogP contribution >= 0.6 is 11.3 Å². The number of anilines is 1. The monoisotopic (exact) mass is 428 g/mol. The van der Waals surface area contributed by atoms with E-state index in [-0.39, 0.29) is 17.6 Å². The predicted octanol–water partition coefficient (Wildman–Crippen LogP) is 3.13. The van der Waals surface area contributed by atoms with Crippen molar-refractivity contribution in [1.82, 2.24) is 9.97 Å². The van der Waals surface area contributed by atoms with E-state index in [0.717, 1.165) is 29.7 Å². The van der Waals surface area contributed by atoms with Gasteiger partial charge < -0.3 is 0 Å². The average molecular weight is 429 g/mol. The van der Waals surface area contributed by atoms with Gasteiger partial charge in [0.05, 0.1) is 17.8 Å². The van der Waals surface area contributed by atoms with E-state index in [1.165, 1.54) is 16.2 Å². The number of aromatic nitrogens is 2. The van der Waals surface area contributed by atoms with Crippen LogP contribution in [0.25, 0.3) is 11.3 Å². The number of nitrogens with two attached hydrogens (primary N) is 1. The van der Waals surface area contributed by atoms with Crippen LogP contribution in [0.15, 0.2) is 52.9 Å². The molecule has 3 aromatic rings. The lowest BCUT2D eigenvalue weighted by Gasteiger charge is -2.16. The number of likely N-dealkylation sites (N-methyl/N-ethyl adjacent to an activating group) is 1. The van der Waals surface area contributed by atoms with Crippen molar-refractivity contribution in [3.8, 4) is 11.3 Å². The van der Waals surface area contributed by atoms with E-state index in [1.807, 2.05) is 49.4 Å². The Kier molecular flexibility index (Phi) is 5.33. The number of hydrogen-bond acceptors (Lipinski definition) is 5. The van der Waals surface area contributed by atoms with E-state index < -0.39 is 10.1 Å². The Bertz CT molecular complexity index is 1080. The van der Waals surface area contributed by atoms with Gasteiger partial charge in [0.2, 0.25) is 5.91 Å². The SMILES string of the molecule is Cc1nc(N(C)C(=O)Cc2ccc(-c3ccccn3)cc2)sc1[SH](N)(=O)C1CC1. The van der Waals surface area contributed by atoms with E-state index in [2.05, 4.69) is 9.97 Å². The van der Waals surface area contributed by atoms with E-state index in [0.29, 0.717) is 15.0 Å². The van der Waals surface area contributed by atoms with Gasteiger partial charge in [-0.3, -0.25) is 24.0 Å². The second kappa shape index (κ2) is 7.78. The zero-order valence-corrected chi connectivity index (χ0v) is 18.1. The molecule has 0 bridgehead atoms. The molecule has 0 unspecified atom stereocenters. The first kappa shape index (κ1) is 19.9. The summed E-state index contributed by atoms with van der Waals surface area (Å²) in [6, 6.07) is 13.6. The lowest BCUT2D eigenvalue weighted by molar-refractivity contribution is -0.117. The summed E-state index contributed by atoms with van der Waals surface area (Å²) in [5.74, 6) is -0.0749. The Morgan fingerprint density at radius 2 is 1.97 bits per heavy atom. The number of rotatable bonds is 6. The number of nitrogens with zero attached hydrogens (tertiary/aromatic N) is 3. The molecule has 4 rings (SSSR count). The molecule has 1 amide bonds. The topological polar surface area (TPSA) is 89.2 Å². The molecule has 1 aliphatic carbocycles. The number of hydrogen-bond donors (Lipinski definition) is 2. The van der Waals surface area contributed by atoms with Gasteiger partial charge >= 0.3 is 0 Å². The van der Waals surface area contributed by atoms with E-state index in [1.54, 1.807) is 13.2 Å². The summed E-state index contributed by atoms with van der Waals surface area (Å²) in [5, 5.41) is 6.75. The maximum absolute atomic E-state index is 12.9. The number of carbonyl (C=O) groups is 1. The lowest BCUT2D eigenvalue weighted by Crippen LogP contribution is -2.28. The minimum Gasteiger partial charge on any atom is -0.291 e. The third kappa shape index (κ3) is 4.14. The number of benzene rings is 1. The number of thiazole rings is 1. The number of aryl methyl sites for hydroxylation is 1. The van der Waals surface area contributed by atoms with Crippen molar-refractivity contribution in [3.63, 3.8) is 0 Å². The van der Waals surface area contributed by atoms with Gasteiger partial charge in [-0.2, -0.15) is 0 Å². The number of carbonyl (C=O) groups excluding carboxylic acids is 1. The summed E-state index contributed by atoms with van der Waals surface area (Å²) in [6.45, 7) is 1.81. The van der Waals surface area contributed by atoms with E-state index in [9.17, 15) is 9.00 Å². The van der Waals surface area contributed by atoms with Crippen LogP contribution in [-0.2, 0) is 21.3 Å². The molecule has 2 heterocycles. The maximum atomic E-state index is 12.9. The van der Waals surface area contributed by atoms with Gasteiger partial charge in [-0.25, -0.2) is 4.98 Å². The summed E-state index contributed by atoms with van der Waals surface area (Å²) >= 11 is 1.28. The zero-order valence-electron chi connectivity index (χ0n) is 16.4. The van der Waals surface area contributed by atoms with Gasteiger partial charge in [0.15, 0.2) is 5.13 Å². The van der Waals surface area contributed by atoms with Crippen LogP contribution in [0.3, 0.4) is 0 Å². The highest BCUT2D eigenvalue weighted by Crippen LogP contribution is 2.41. The van der Waals surface area contributed by atoms with Crippen molar-refractivity contribution in [2.45, 2.75) is 35.6 Å². The molecule has 29 heavy (non-hydrogen) atoms. The van der Waals surface area contributed by atoms with Crippen LogP contribution in [0.5, 0.6) is 0 Å². The second-order valence-electron chi connectivity index (χ2n) is 7.37. The van der Waals surface area contributed by atoms with Crippen molar-refractivity contribution >= 4 is 32.5 Å². The Morgan fingerprint density at radius 1 is 1.24 bits per heavy atom. The van der Waals surface area contributed by atoms with Gasteiger partial charge in [-0.1, -0.05) is 41.7 Å². The van der Waals surface area contributed by atoms with Crippen LogP contribution < -0.4 is 10.0 Å². The van der Waals surface area contributed by atoms with Crippen LogP contribution in [0.4, 0.5) is 5.13 Å². The number of amides is 1. The molecule has 0 saturated heterocycles. The summed E-state index contributed by atoms with van der Waals surface area (Å²) in [7, 11) is -1.18. The van der Waals surface area contributed by atoms with Crippen LogP contribution in [0.2, 0.25) is 0 Å². The molecule has 8 heteroatoms. The van der Waals surface area contributed by atoms with Gasteiger partial charge in [0.1, 0.15) is 4.21 Å². The molecule has 1 fully saturated rings. The highest BCUT2D eigenvalue weighted by Gasteiger charge is 2.37. The molecule has 0 atom stereocenters. The fraction of sp³-hybridized carbons (Fsp3) is 0.286. The maximum Gasteiger partial charge on any atom is 0.232 e. The van der Waals surface area contributed by atoms with Crippen LogP contribution in [0.1, 0.15) is 24.1 Å². The normalized spacial score (nSPS) is 14.6. The molecule has 152 valence electrons. The Hall–Kier alpha value is -2.42. The first-order valence-electron chi connectivity index (χ1n) is 9.49. The molecule has 0 radical (unpaired) electrons. The largest absolute Gasteiger partial charge is 0.291 e. The minimum absolute atomic E-state index is 0.0749. The highest BCUT2D eigenvalue weighted by atomic mass is 32.3. The molecule has 1 aromatic carbocycles. The molecular formula is C21H24N4O2S2. The van der Waals surface area contributed by atoms with E-state index >= 15 is 0 Å². The Balaban J connectivity index is 1.47. The van der Waals surface area contributed by atoms with Gasteiger partial charge in [0, 0.05) is 24.1 Å². The van der Waals surface area contributed by atoms with Crippen molar-refractivity contribution in [3.05, 3.63) is 59.9 Å². The van der Waals surface area contributed by atoms with Crippen molar-refractivity contribution in [1.29, 1.82) is 0 Å². The molecule has 2 aromatic heterocycles. The van der Waals surface area contributed by atoms with Crippen LogP contribution in [0, 0.1) is 6.92 Å². The summed E-state index contributed by atoms with van der Waals surface area (Å²) in [5.41, 5.74) is 3.49. The molecule has 6 nitrogen and oxygen atoms in total. The van der Waals surface area contributed by atoms with Crippen molar-refractivity contribution in [2.24, 2.45) is 5.14 Å². The minimum atomic E-state index is -2.88. The standard InChI is InChI=1S/C21H24N4O2S2/c1-14-20(29(22,27)17-10-11-17)28-21(24-14)25(2)19(26)13-15-6-8-16(9-7-15)18-5-3-4-12-23-18/h3-9,12,17,29H,10-11,13H2,1-2H3,(H2,22,27). The quantitative estimate of drug-likeness (QED) is 0.591. The first-order valence-corrected chi connectivity index (χ1v) is 12.2. The predicted molar refractivity (Wildman–Crippen MR) is 119 cm³/mol. The van der Waals surface area contributed by atoms with Crippen molar-refractivity contribution < 1.29 is 9.00 Å². The van der Waals surface area contributed by atoms with Crippen molar-refractivity contribution in [2.75, 3.05) is 11.9 Å². The zero-order chi connectivity index (χ0) is 20.6. The third-order valence-corrected chi connectivity index (χ3v) is 9.82. The first-order chi connectivity index (χ1) is 13.9. The Labute approximate surface area is 175 Å². The molecule has 0 spiro atoms. The smallest absolute Gasteiger partial charge is 0.232 e. The molecular weight excluding hydrogens is 404 g/mol. The fourth-order valence-electron chi connectivity index (χ4n) is 3.19. The van der Waals surface area contributed by atoms with Gasteiger partial charge in [-0.15, -0.1) is 0 Å². The second-order valence-corrected chi connectivity index (χ2v) is 11.2. The molecule has 2 N–H and O–H groups in total. The third-order valence-electron chi connectivity index (χ3n) is 5.10. The molecule has 1 saturated carbocycles.